The molecule has 1 heteroatoms. The lowest BCUT2D eigenvalue weighted by molar-refractivity contribution is 0.582. The molecule has 0 heterocycles. The van der Waals surface area contributed by atoms with E-state index in [9.17, 15) is 0 Å². The van der Waals surface area contributed by atoms with Gasteiger partial charge in [0, 0.05) is 17.0 Å². The molecule has 1 aliphatic rings. The fourth-order valence-electron chi connectivity index (χ4n) is 3.45. The summed E-state index contributed by atoms with van der Waals surface area (Å²) in [5.74, 6) is 0. The maximum atomic E-state index is 4.33. The van der Waals surface area contributed by atoms with Gasteiger partial charge in [-0.25, -0.2) is 0 Å². The molecule has 0 saturated heterocycles. The van der Waals surface area contributed by atoms with E-state index in [0.717, 1.165) is 48.1 Å². The first-order valence-corrected chi connectivity index (χ1v) is 10.9. The Balaban J connectivity index is 0.000000804. The number of anilines is 1. The Hall–Kier alpha value is -2.54. The second-order valence-electron chi connectivity index (χ2n) is 9.13. The first-order chi connectivity index (χ1) is 14.0. The van der Waals surface area contributed by atoms with Crippen LogP contribution in [-0.2, 0) is 11.8 Å². The quantitative estimate of drug-likeness (QED) is 0.468. The molecule has 1 aromatic rings. The van der Waals surface area contributed by atoms with Gasteiger partial charge in [0.25, 0.3) is 0 Å². The third-order valence-electron chi connectivity index (χ3n) is 5.11. The minimum atomic E-state index is 0.133. The van der Waals surface area contributed by atoms with E-state index in [-0.39, 0.29) is 5.41 Å². The molecule has 0 radical (unpaired) electrons. The first kappa shape index (κ1) is 25.5. The summed E-state index contributed by atoms with van der Waals surface area (Å²) < 4.78 is 0. The van der Waals surface area contributed by atoms with E-state index in [1.807, 2.05) is 6.92 Å². The summed E-state index contributed by atoms with van der Waals surface area (Å²) in [4.78, 5) is 0. The smallest absolute Gasteiger partial charge is 0.0419 e. The van der Waals surface area contributed by atoms with E-state index in [4.69, 9.17) is 0 Å². The maximum absolute atomic E-state index is 4.33. The molecule has 1 nitrogen and oxygen atoms in total. The van der Waals surface area contributed by atoms with Crippen molar-refractivity contribution in [1.82, 2.24) is 0 Å². The highest BCUT2D eigenvalue weighted by Crippen LogP contribution is 2.34. The summed E-state index contributed by atoms with van der Waals surface area (Å²) in [6, 6.07) is 6.58. The predicted molar refractivity (Wildman–Crippen MR) is 137 cm³/mol. The second kappa shape index (κ2) is 11.6. The van der Waals surface area contributed by atoms with Gasteiger partial charge in [-0.15, -0.1) is 0 Å². The minimum absolute atomic E-state index is 0.133. The van der Waals surface area contributed by atoms with Crippen LogP contribution >= 0.6 is 0 Å². The van der Waals surface area contributed by atoms with Crippen LogP contribution in [0.25, 0.3) is 0 Å². The zero-order valence-corrected chi connectivity index (χ0v) is 20.1. The van der Waals surface area contributed by atoms with Crippen LogP contribution in [0.15, 0.2) is 90.7 Å². The van der Waals surface area contributed by atoms with Crippen molar-refractivity contribution in [3.05, 3.63) is 102 Å². The molecule has 0 aliphatic heterocycles. The molecule has 0 unspecified atom stereocenters. The average Bonchev–Trinajstić information content (AvgIpc) is 2.83. The van der Waals surface area contributed by atoms with Crippen molar-refractivity contribution in [2.24, 2.45) is 0 Å². The van der Waals surface area contributed by atoms with Crippen LogP contribution in [0, 0.1) is 0 Å². The average molecular weight is 404 g/mol. The Labute approximate surface area is 185 Å². The molecule has 0 spiro atoms. The molecule has 0 aromatic heterocycles. The second-order valence-corrected chi connectivity index (χ2v) is 9.13. The Morgan fingerprint density at radius 2 is 1.83 bits per heavy atom. The molecule has 1 aromatic carbocycles. The van der Waals surface area contributed by atoms with Crippen LogP contribution in [0.1, 0.15) is 71.9 Å². The molecule has 0 amide bonds. The first-order valence-electron chi connectivity index (χ1n) is 10.9. The van der Waals surface area contributed by atoms with Crippen molar-refractivity contribution in [2.45, 2.75) is 72.6 Å². The standard InChI is InChI=1S/C24H33N.C5H8/c1-8-11-20-22(24(5,6)7)14-10-15-23(20)25-19(4)21-16-17(2)12-9-13-18(21)3;1-4-5(2)3/h10,12,14-16,25H,3-4,8-9,11,13H2,1-2,5-7H3;4H,1-2H2,3H3. The highest BCUT2D eigenvalue weighted by Gasteiger charge is 2.20. The van der Waals surface area contributed by atoms with E-state index < -0.39 is 0 Å². The normalized spacial score (nSPS) is 13.9. The van der Waals surface area contributed by atoms with Crippen LogP contribution < -0.4 is 5.32 Å². The molecule has 1 N–H and O–H groups in total. The summed E-state index contributed by atoms with van der Waals surface area (Å²) in [7, 11) is 0. The van der Waals surface area contributed by atoms with E-state index in [2.05, 4.69) is 96.6 Å². The summed E-state index contributed by atoms with van der Waals surface area (Å²) in [6.45, 7) is 28.7. The monoisotopic (exact) mass is 403 g/mol. The molecule has 2 rings (SSSR count). The van der Waals surface area contributed by atoms with E-state index >= 15 is 0 Å². The Morgan fingerprint density at radius 3 is 2.37 bits per heavy atom. The van der Waals surface area contributed by atoms with E-state index in [1.54, 1.807) is 6.08 Å². The fraction of sp³-hybridized carbons (Fsp3) is 0.379. The SMILES string of the molecule is C=C1CCC=C(C)C=C1C(=C)Nc1cccc(C(C)(C)C)c1CCC.C=CC(=C)C. The molecule has 0 atom stereocenters. The number of rotatable bonds is 6. The van der Waals surface area contributed by atoms with Gasteiger partial charge in [-0.1, -0.05) is 102 Å². The van der Waals surface area contributed by atoms with Gasteiger partial charge >= 0.3 is 0 Å². The molecule has 0 bridgehead atoms. The van der Waals surface area contributed by atoms with Crippen LogP contribution in [0.5, 0.6) is 0 Å². The van der Waals surface area contributed by atoms with Crippen molar-refractivity contribution in [3.8, 4) is 0 Å². The van der Waals surface area contributed by atoms with Gasteiger partial charge in [-0.2, -0.15) is 0 Å². The minimum Gasteiger partial charge on any atom is -0.355 e. The lowest BCUT2D eigenvalue weighted by Crippen LogP contribution is -2.16. The van der Waals surface area contributed by atoms with Gasteiger partial charge in [-0.3, -0.25) is 0 Å². The highest BCUT2D eigenvalue weighted by atomic mass is 14.9. The summed E-state index contributed by atoms with van der Waals surface area (Å²) in [5, 5.41) is 3.61. The molecule has 0 saturated carbocycles. The predicted octanol–water partition coefficient (Wildman–Crippen LogP) is 8.83. The van der Waals surface area contributed by atoms with Crippen LogP contribution in [0.2, 0.25) is 0 Å². The molecule has 1 aliphatic carbocycles. The topological polar surface area (TPSA) is 12.0 Å². The Kier molecular flexibility index (Phi) is 9.85. The van der Waals surface area contributed by atoms with E-state index in [0.29, 0.717) is 0 Å². The van der Waals surface area contributed by atoms with Crippen LogP contribution in [0.4, 0.5) is 5.69 Å². The molecular formula is C29H41N. The van der Waals surface area contributed by atoms with Gasteiger partial charge in [0.2, 0.25) is 0 Å². The Morgan fingerprint density at radius 1 is 1.20 bits per heavy atom. The van der Waals surface area contributed by atoms with Gasteiger partial charge < -0.3 is 5.32 Å². The van der Waals surface area contributed by atoms with Crippen molar-refractivity contribution in [2.75, 3.05) is 5.32 Å². The summed E-state index contributed by atoms with van der Waals surface area (Å²) in [6.07, 6.45) is 10.5. The van der Waals surface area contributed by atoms with Gasteiger partial charge in [0.05, 0.1) is 0 Å². The molecule has 30 heavy (non-hydrogen) atoms. The van der Waals surface area contributed by atoms with Crippen molar-refractivity contribution in [3.63, 3.8) is 0 Å². The third kappa shape index (κ3) is 7.71. The van der Waals surface area contributed by atoms with Gasteiger partial charge in [-0.05, 0) is 61.3 Å². The zero-order valence-electron chi connectivity index (χ0n) is 20.1. The lowest BCUT2D eigenvalue weighted by atomic mass is 9.82. The molecule has 0 fully saturated rings. The largest absolute Gasteiger partial charge is 0.355 e. The molecular weight excluding hydrogens is 362 g/mol. The third-order valence-corrected chi connectivity index (χ3v) is 5.11. The summed E-state index contributed by atoms with van der Waals surface area (Å²) in [5.41, 5.74) is 9.70. The maximum Gasteiger partial charge on any atom is 0.0419 e. The number of allylic oxidation sites excluding steroid dienone is 6. The van der Waals surface area contributed by atoms with Crippen LogP contribution in [0.3, 0.4) is 0 Å². The van der Waals surface area contributed by atoms with Crippen molar-refractivity contribution < 1.29 is 0 Å². The van der Waals surface area contributed by atoms with Crippen molar-refractivity contribution >= 4 is 5.69 Å². The summed E-state index contributed by atoms with van der Waals surface area (Å²) >= 11 is 0. The molecule has 162 valence electrons. The Bertz CT molecular complexity index is 853. The number of benzene rings is 1. The number of nitrogens with one attached hydrogen (secondary N) is 1. The number of hydrogen-bond donors (Lipinski definition) is 1. The fourth-order valence-corrected chi connectivity index (χ4v) is 3.45. The van der Waals surface area contributed by atoms with E-state index in [1.165, 1.54) is 22.4 Å². The lowest BCUT2D eigenvalue weighted by Gasteiger charge is -2.26. The van der Waals surface area contributed by atoms with Gasteiger partial charge in [0.15, 0.2) is 0 Å². The zero-order chi connectivity index (χ0) is 22.9. The number of hydrogen-bond acceptors (Lipinski definition) is 1. The highest BCUT2D eigenvalue weighted by molar-refractivity contribution is 5.64. The van der Waals surface area contributed by atoms with Crippen LogP contribution in [-0.4, -0.2) is 0 Å². The van der Waals surface area contributed by atoms with Gasteiger partial charge in [0.1, 0.15) is 0 Å². The van der Waals surface area contributed by atoms with Crippen molar-refractivity contribution in [1.29, 1.82) is 0 Å².